The highest BCUT2D eigenvalue weighted by Gasteiger charge is 2.25. The molecule has 1 rings (SSSR count). The molecular weight excluding hydrogens is 144 g/mol. The van der Waals surface area contributed by atoms with Gasteiger partial charge in [-0.05, 0) is 12.2 Å². The summed E-state index contributed by atoms with van der Waals surface area (Å²) in [5.74, 6) is 0. The molecule has 0 aromatic rings. The van der Waals surface area contributed by atoms with E-state index in [0.29, 0.717) is 12.0 Å². The molecule has 11 heavy (non-hydrogen) atoms. The van der Waals surface area contributed by atoms with Gasteiger partial charge < -0.3 is 15.8 Å². The SMILES string of the molecule is COC1(C=O)C=CC(N)=CN1. The number of allylic oxidation sites excluding steroid dienone is 1. The molecule has 0 aliphatic carbocycles. The minimum Gasteiger partial charge on any atom is -0.398 e. The Morgan fingerprint density at radius 3 is 2.91 bits per heavy atom. The molecule has 1 unspecified atom stereocenters. The van der Waals surface area contributed by atoms with E-state index in [9.17, 15) is 4.79 Å². The van der Waals surface area contributed by atoms with Crippen LogP contribution >= 0.6 is 0 Å². The van der Waals surface area contributed by atoms with E-state index in [-0.39, 0.29) is 0 Å². The van der Waals surface area contributed by atoms with Crippen molar-refractivity contribution in [2.75, 3.05) is 7.11 Å². The van der Waals surface area contributed by atoms with Crippen molar-refractivity contribution in [1.29, 1.82) is 0 Å². The van der Waals surface area contributed by atoms with E-state index in [1.807, 2.05) is 0 Å². The maximum absolute atomic E-state index is 10.5. The van der Waals surface area contributed by atoms with Crippen LogP contribution in [0.3, 0.4) is 0 Å². The number of aldehydes is 1. The first-order valence-corrected chi connectivity index (χ1v) is 3.16. The smallest absolute Gasteiger partial charge is 0.214 e. The van der Waals surface area contributed by atoms with Crippen LogP contribution in [0.25, 0.3) is 0 Å². The minimum atomic E-state index is -1.02. The molecule has 0 bridgehead atoms. The number of dihydropyridines is 1. The molecule has 0 spiro atoms. The summed E-state index contributed by atoms with van der Waals surface area (Å²) >= 11 is 0. The zero-order valence-corrected chi connectivity index (χ0v) is 6.20. The summed E-state index contributed by atoms with van der Waals surface area (Å²) in [6, 6.07) is 0. The predicted molar refractivity (Wildman–Crippen MR) is 40.4 cm³/mol. The molecule has 4 nitrogen and oxygen atoms in total. The van der Waals surface area contributed by atoms with Crippen LogP contribution in [-0.2, 0) is 9.53 Å². The van der Waals surface area contributed by atoms with E-state index in [1.165, 1.54) is 13.3 Å². The van der Waals surface area contributed by atoms with Crippen LogP contribution in [0.5, 0.6) is 0 Å². The van der Waals surface area contributed by atoms with Crippen molar-refractivity contribution in [3.8, 4) is 0 Å². The Morgan fingerprint density at radius 1 is 1.82 bits per heavy atom. The average Bonchev–Trinajstić information content (AvgIpc) is 2.07. The lowest BCUT2D eigenvalue weighted by Crippen LogP contribution is -2.45. The predicted octanol–water partition coefficient (Wildman–Crippen LogP) is -0.512. The Hall–Kier alpha value is -1.29. The van der Waals surface area contributed by atoms with Gasteiger partial charge in [-0.1, -0.05) is 0 Å². The summed E-state index contributed by atoms with van der Waals surface area (Å²) in [4.78, 5) is 10.5. The van der Waals surface area contributed by atoms with E-state index in [1.54, 1.807) is 12.2 Å². The number of nitrogens with one attached hydrogen (secondary N) is 1. The standard InChI is InChI=1S/C7H10N2O2/c1-11-7(5-10)3-2-6(8)4-9-7/h2-5,9H,8H2,1H3. The van der Waals surface area contributed by atoms with Crippen molar-refractivity contribution < 1.29 is 9.53 Å². The maximum atomic E-state index is 10.5. The Morgan fingerprint density at radius 2 is 2.55 bits per heavy atom. The molecule has 0 amide bonds. The van der Waals surface area contributed by atoms with Gasteiger partial charge in [0.05, 0.1) is 0 Å². The third kappa shape index (κ3) is 1.40. The van der Waals surface area contributed by atoms with Gasteiger partial charge in [0.1, 0.15) is 0 Å². The van der Waals surface area contributed by atoms with Gasteiger partial charge in [0.25, 0.3) is 0 Å². The molecule has 1 heterocycles. The van der Waals surface area contributed by atoms with Crippen LogP contribution in [0.4, 0.5) is 0 Å². The van der Waals surface area contributed by atoms with E-state index in [0.717, 1.165) is 0 Å². The molecule has 3 N–H and O–H groups in total. The molecule has 0 fully saturated rings. The van der Waals surface area contributed by atoms with Crippen molar-refractivity contribution in [1.82, 2.24) is 5.32 Å². The van der Waals surface area contributed by atoms with E-state index < -0.39 is 5.72 Å². The first-order chi connectivity index (χ1) is 5.22. The van der Waals surface area contributed by atoms with Crippen molar-refractivity contribution in [2.24, 2.45) is 5.73 Å². The lowest BCUT2D eigenvalue weighted by Gasteiger charge is -2.25. The molecule has 0 saturated heterocycles. The van der Waals surface area contributed by atoms with E-state index >= 15 is 0 Å². The van der Waals surface area contributed by atoms with E-state index in [2.05, 4.69) is 5.32 Å². The number of carbonyl (C=O) groups excluding carboxylic acids is 1. The van der Waals surface area contributed by atoms with Gasteiger partial charge in [0.15, 0.2) is 6.29 Å². The number of ether oxygens (including phenoxy) is 1. The van der Waals surface area contributed by atoms with Crippen molar-refractivity contribution in [2.45, 2.75) is 5.72 Å². The zero-order valence-electron chi connectivity index (χ0n) is 6.20. The van der Waals surface area contributed by atoms with Crippen LogP contribution < -0.4 is 11.1 Å². The largest absolute Gasteiger partial charge is 0.398 e. The first-order valence-electron chi connectivity index (χ1n) is 3.16. The highest BCUT2D eigenvalue weighted by molar-refractivity contribution is 5.66. The zero-order chi connectivity index (χ0) is 8.32. The highest BCUT2D eigenvalue weighted by atomic mass is 16.5. The molecule has 0 radical (unpaired) electrons. The van der Waals surface area contributed by atoms with Gasteiger partial charge in [0, 0.05) is 19.0 Å². The third-order valence-electron chi connectivity index (χ3n) is 1.50. The number of hydrogen-bond acceptors (Lipinski definition) is 4. The molecular formula is C7H10N2O2. The number of nitrogens with two attached hydrogens (primary N) is 1. The molecule has 0 aromatic heterocycles. The fourth-order valence-electron chi connectivity index (χ4n) is 0.761. The molecule has 0 saturated carbocycles. The Bertz CT molecular complexity index is 222. The fourth-order valence-corrected chi connectivity index (χ4v) is 0.761. The van der Waals surface area contributed by atoms with Crippen molar-refractivity contribution >= 4 is 6.29 Å². The summed E-state index contributed by atoms with van der Waals surface area (Å²) in [6.45, 7) is 0. The normalized spacial score (nSPS) is 29.0. The van der Waals surface area contributed by atoms with Gasteiger partial charge in [-0.2, -0.15) is 0 Å². The van der Waals surface area contributed by atoms with Crippen LogP contribution in [0.2, 0.25) is 0 Å². The molecule has 1 aliphatic rings. The molecule has 60 valence electrons. The lowest BCUT2D eigenvalue weighted by atomic mass is 10.1. The average molecular weight is 154 g/mol. The minimum absolute atomic E-state index is 0.569. The second-order valence-electron chi connectivity index (χ2n) is 2.24. The lowest BCUT2D eigenvalue weighted by molar-refractivity contribution is -0.124. The summed E-state index contributed by atoms with van der Waals surface area (Å²) in [5.41, 5.74) is 4.95. The summed E-state index contributed by atoms with van der Waals surface area (Å²) in [5, 5.41) is 2.72. The number of carbonyl (C=O) groups is 1. The second kappa shape index (κ2) is 2.75. The quantitative estimate of drug-likeness (QED) is 0.526. The summed E-state index contributed by atoms with van der Waals surface area (Å²) in [7, 11) is 1.45. The second-order valence-corrected chi connectivity index (χ2v) is 2.24. The molecule has 1 atom stereocenters. The van der Waals surface area contributed by atoms with Crippen molar-refractivity contribution in [3.05, 3.63) is 24.0 Å². The molecule has 1 aliphatic heterocycles. The first kappa shape index (κ1) is 7.81. The summed E-state index contributed by atoms with van der Waals surface area (Å²) < 4.78 is 4.91. The Kier molecular flexibility index (Phi) is 1.96. The van der Waals surface area contributed by atoms with Crippen LogP contribution in [-0.4, -0.2) is 19.1 Å². The summed E-state index contributed by atoms with van der Waals surface area (Å²) in [6.07, 6.45) is 5.38. The number of hydrogen-bond donors (Lipinski definition) is 2. The Labute approximate surface area is 64.7 Å². The van der Waals surface area contributed by atoms with Gasteiger partial charge >= 0.3 is 0 Å². The van der Waals surface area contributed by atoms with Crippen LogP contribution in [0.15, 0.2) is 24.0 Å². The topological polar surface area (TPSA) is 64.3 Å². The van der Waals surface area contributed by atoms with E-state index in [4.69, 9.17) is 10.5 Å². The molecule has 4 heteroatoms. The van der Waals surface area contributed by atoms with Gasteiger partial charge in [-0.25, -0.2) is 0 Å². The highest BCUT2D eigenvalue weighted by Crippen LogP contribution is 2.09. The maximum Gasteiger partial charge on any atom is 0.214 e. The van der Waals surface area contributed by atoms with Crippen LogP contribution in [0.1, 0.15) is 0 Å². The van der Waals surface area contributed by atoms with Gasteiger partial charge in [0.2, 0.25) is 5.72 Å². The monoisotopic (exact) mass is 154 g/mol. The number of rotatable bonds is 2. The van der Waals surface area contributed by atoms with Gasteiger partial charge in [-0.15, -0.1) is 0 Å². The van der Waals surface area contributed by atoms with Crippen molar-refractivity contribution in [3.63, 3.8) is 0 Å². The fraction of sp³-hybridized carbons (Fsp3) is 0.286. The molecule has 0 aromatic carbocycles. The Balaban J connectivity index is 2.79. The van der Waals surface area contributed by atoms with Gasteiger partial charge in [-0.3, -0.25) is 4.79 Å². The third-order valence-corrected chi connectivity index (χ3v) is 1.50. The number of methoxy groups -OCH3 is 1. The van der Waals surface area contributed by atoms with Crippen LogP contribution in [0, 0.1) is 0 Å².